The first-order chi connectivity index (χ1) is 14.8. The minimum Gasteiger partial charge on any atom is -0.478 e. The molecule has 1 aromatic carbocycles. The van der Waals surface area contributed by atoms with Crippen molar-refractivity contribution in [1.29, 1.82) is 0 Å². The highest BCUT2D eigenvalue weighted by Crippen LogP contribution is 2.61. The van der Waals surface area contributed by atoms with E-state index < -0.39 is 5.97 Å². The summed E-state index contributed by atoms with van der Waals surface area (Å²) in [6.45, 7) is 7.26. The Hall–Kier alpha value is -2.15. The average Bonchev–Trinajstić information content (AvgIpc) is 3.21. The number of carboxylic acid groups (broad SMARTS) is 1. The number of hydrogen-bond acceptors (Lipinski definition) is 5. The Balaban J connectivity index is 1.14. The van der Waals surface area contributed by atoms with Crippen LogP contribution in [-0.2, 0) is 4.79 Å². The van der Waals surface area contributed by atoms with Gasteiger partial charge in [-0.3, -0.25) is 4.79 Å². The number of piperidine rings is 1. The smallest absolute Gasteiger partial charge is 0.335 e. The first-order valence-corrected chi connectivity index (χ1v) is 12.3. The SMILES string of the molecule is CC1(C)[C@H]2CC[C@@H](CNC(=O)C3CCN(c4nc5ccc(C(=O)O)cc5s4)CC3)[C@H]1C2. The van der Waals surface area contributed by atoms with Gasteiger partial charge in [-0.25, -0.2) is 9.78 Å². The molecule has 3 atom stereocenters. The molecule has 3 aliphatic carbocycles. The van der Waals surface area contributed by atoms with Gasteiger partial charge in [0.2, 0.25) is 5.91 Å². The number of fused-ring (bicyclic) bond motifs is 3. The summed E-state index contributed by atoms with van der Waals surface area (Å²) in [4.78, 5) is 30.9. The van der Waals surface area contributed by atoms with Crippen molar-refractivity contribution in [2.45, 2.75) is 46.0 Å². The zero-order valence-corrected chi connectivity index (χ0v) is 19.1. The number of anilines is 1. The summed E-state index contributed by atoms with van der Waals surface area (Å²) in [7, 11) is 0. The number of nitrogens with one attached hydrogen (secondary N) is 1. The predicted octanol–water partition coefficient (Wildman–Crippen LogP) is 4.40. The zero-order chi connectivity index (χ0) is 21.8. The summed E-state index contributed by atoms with van der Waals surface area (Å²) in [5.41, 5.74) is 1.58. The second-order valence-electron chi connectivity index (χ2n) is 10.2. The van der Waals surface area contributed by atoms with Crippen LogP contribution >= 0.6 is 11.3 Å². The minimum atomic E-state index is -0.919. The molecule has 1 amide bonds. The van der Waals surface area contributed by atoms with E-state index >= 15 is 0 Å². The highest BCUT2D eigenvalue weighted by Gasteiger charge is 2.54. The zero-order valence-electron chi connectivity index (χ0n) is 18.3. The summed E-state index contributed by atoms with van der Waals surface area (Å²) in [6.07, 6.45) is 5.60. The van der Waals surface area contributed by atoms with E-state index in [4.69, 9.17) is 0 Å². The molecule has 2 bridgehead atoms. The summed E-state index contributed by atoms with van der Waals surface area (Å²) >= 11 is 1.53. The van der Waals surface area contributed by atoms with Gasteiger partial charge in [0.25, 0.3) is 0 Å². The number of hydrogen-bond donors (Lipinski definition) is 2. The van der Waals surface area contributed by atoms with Crippen LogP contribution in [0.3, 0.4) is 0 Å². The van der Waals surface area contributed by atoms with Gasteiger partial charge < -0.3 is 15.3 Å². The van der Waals surface area contributed by atoms with Gasteiger partial charge in [0.1, 0.15) is 0 Å². The molecule has 2 N–H and O–H groups in total. The lowest BCUT2D eigenvalue weighted by atomic mass is 9.45. The van der Waals surface area contributed by atoms with Gasteiger partial charge in [-0.05, 0) is 73.5 Å². The van der Waals surface area contributed by atoms with E-state index in [1.165, 1.54) is 30.6 Å². The fourth-order valence-electron chi connectivity index (χ4n) is 6.10. The van der Waals surface area contributed by atoms with Crippen LogP contribution in [0.25, 0.3) is 10.2 Å². The number of carbonyl (C=O) groups excluding carboxylic acids is 1. The van der Waals surface area contributed by atoms with Crippen molar-refractivity contribution < 1.29 is 14.7 Å². The third kappa shape index (κ3) is 3.71. The average molecular weight is 442 g/mol. The van der Waals surface area contributed by atoms with Crippen LogP contribution in [0.5, 0.6) is 0 Å². The van der Waals surface area contributed by atoms with Crippen molar-refractivity contribution in [2.24, 2.45) is 29.1 Å². The third-order valence-corrected chi connectivity index (χ3v) is 9.38. The normalized spacial score (nSPS) is 27.7. The number of carbonyl (C=O) groups is 2. The Morgan fingerprint density at radius 2 is 2.00 bits per heavy atom. The van der Waals surface area contributed by atoms with Crippen LogP contribution in [0.15, 0.2) is 18.2 Å². The van der Waals surface area contributed by atoms with E-state index in [9.17, 15) is 14.7 Å². The van der Waals surface area contributed by atoms with Crippen LogP contribution in [0.1, 0.15) is 56.3 Å². The van der Waals surface area contributed by atoms with Crippen LogP contribution in [0, 0.1) is 29.1 Å². The first-order valence-electron chi connectivity index (χ1n) is 11.5. The molecule has 1 saturated heterocycles. The van der Waals surface area contributed by atoms with Crippen LogP contribution in [-0.4, -0.2) is 41.6 Å². The minimum absolute atomic E-state index is 0.0787. The Bertz CT molecular complexity index is 1010. The lowest BCUT2D eigenvalue weighted by molar-refractivity contribution is -0.128. The number of nitrogens with zero attached hydrogens (tertiary/aromatic N) is 2. The number of benzene rings is 1. The summed E-state index contributed by atoms with van der Waals surface area (Å²) in [5, 5.41) is 13.4. The molecule has 2 heterocycles. The van der Waals surface area contributed by atoms with Crippen LogP contribution in [0.2, 0.25) is 0 Å². The quantitative estimate of drug-likeness (QED) is 0.719. The van der Waals surface area contributed by atoms with Crippen molar-refractivity contribution in [3.63, 3.8) is 0 Å². The maximum Gasteiger partial charge on any atom is 0.335 e. The number of carboxylic acids is 1. The number of amides is 1. The standard InChI is InChI=1S/C24H31N3O3S/c1-24(2)17-5-3-16(18(24)12-17)13-25-21(28)14-7-9-27(10-8-14)23-26-19-6-4-15(22(29)30)11-20(19)31-23/h4,6,11,14,16-18H,3,5,7-10,12-13H2,1-2H3,(H,25,28)(H,29,30)/t16-,17-,18+/m0/s1. The van der Waals surface area contributed by atoms with Gasteiger partial charge >= 0.3 is 5.97 Å². The number of aromatic carboxylic acids is 1. The van der Waals surface area contributed by atoms with E-state index in [-0.39, 0.29) is 17.4 Å². The Morgan fingerprint density at radius 3 is 2.68 bits per heavy atom. The van der Waals surface area contributed by atoms with Gasteiger partial charge in [0, 0.05) is 25.6 Å². The lowest BCUT2D eigenvalue weighted by Crippen LogP contribution is -2.55. The highest BCUT2D eigenvalue weighted by molar-refractivity contribution is 7.22. The number of rotatable bonds is 5. The van der Waals surface area contributed by atoms with Crippen molar-refractivity contribution in [3.8, 4) is 0 Å². The van der Waals surface area contributed by atoms with Gasteiger partial charge in [-0.1, -0.05) is 25.2 Å². The Morgan fingerprint density at radius 1 is 1.23 bits per heavy atom. The first kappa shape index (κ1) is 20.7. The molecule has 0 spiro atoms. The topological polar surface area (TPSA) is 82.5 Å². The molecule has 4 fully saturated rings. The molecule has 1 aromatic heterocycles. The molecule has 3 saturated carbocycles. The third-order valence-electron chi connectivity index (χ3n) is 8.30. The lowest BCUT2D eigenvalue weighted by Gasteiger charge is -2.60. The fourth-order valence-corrected chi connectivity index (χ4v) is 7.15. The molecule has 2 aromatic rings. The molecule has 31 heavy (non-hydrogen) atoms. The van der Waals surface area contributed by atoms with Crippen LogP contribution in [0.4, 0.5) is 5.13 Å². The molecule has 4 aliphatic rings. The summed E-state index contributed by atoms with van der Waals surface area (Å²) in [6, 6.07) is 5.06. The highest BCUT2D eigenvalue weighted by atomic mass is 32.1. The van der Waals surface area contributed by atoms with E-state index in [1.807, 2.05) is 0 Å². The number of thiazole rings is 1. The molecule has 166 valence electrons. The Kier molecular flexibility index (Phi) is 5.19. The molecule has 6 rings (SSSR count). The monoisotopic (exact) mass is 441 g/mol. The van der Waals surface area contributed by atoms with E-state index in [0.29, 0.717) is 11.3 Å². The molecular weight excluding hydrogens is 410 g/mol. The second kappa shape index (κ2) is 7.76. The second-order valence-corrected chi connectivity index (χ2v) is 11.2. The van der Waals surface area contributed by atoms with Crippen molar-refractivity contribution in [1.82, 2.24) is 10.3 Å². The summed E-state index contributed by atoms with van der Waals surface area (Å²) < 4.78 is 0.892. The van der Waals surface area contributed by atoms with Gasteiger partial charge in [-0.15, -0.1) is 0 Å². The van der Waals surface area contributed by atoms with E-state index in [0.717, 1.165) is 59.7 Å². The molecule has 0 radical (unpaired) electrons. The molecule has 6 nitrogen and oxygen atoms in total. The maximum atomic E-state index is 12.8. The largest absolute Gasteiger partial charge is 0.478 e. The van der Waals surface area contributed by atoms with Crippen molar-refractivity contribution in [3.05, 3.63) is 23.8 Å². The number of aromatic nitrogens is 1. The Labute approximate surface area is 187 Å². The molecular formula is C24H31N3O3S. The van der Waals surface area contributed by atoms with Gasteiger partial charge in [-0.2, -0.15) is 0 Å². The fraction of sp³-hybridized carbons (Fsp3) is 0.625. The summed E-state index contributed by atoms with van der Waals surface area (Å²) in [5.74, 6) is 1.69. The maximum absolute atomic E-state index is 12.8. The van der Waals surface area contributed by atoms with E-state index in [2.05, 4.69) is 29.0 Å². The van der Waals surface area contributed by atoms with Gasteiger partial charge in [0.15, 0.2) is 5.13 Å². The van der Waals surface area contributed by atoms with Crippen LogP contribution < -0.4 is 10.2 Å². The van der Waals surface area contributed by atoms with Gasteiger partial charge in [0.05, 0.1) is 15.8 Å². The molecule has 7 heteroatoms. The predicted molar refractivity (Wildman–Crippen MR) is 123 cm³/mol. The van der Waals surface area contributed by atoms with Crippen molar-refractivity contribution in [2.75, 3.05) is 24.5 Å². The van der Waals surface area contributed by atoms with E-state index in [1.54, 1.807) is 18.2 Å². The molecule has 0 unspecified atom stereocenters. The van der Waals surface area contributed by atoms with Crippen molar-refractivity contribution >= 4 is 38.6 Å². The molecule has 1 aliphatic heterocycles.